The van der Waals surface area contributed by atoms with Crippen molar-refractivity contribution in [3.05, 3.63) is 83.1 Å². The van der Waals surface area contributed by atoms with Crippen LogP contribution in [-0.2, 0) is 9.59 Å². The Balaban J connectivity index is 1.40. The highest BCUT2D eigenvalue weighted by molar-refractivity contribution is 8.15. The number of rotatable bonds is 10. The minimum Gasteiger partial charge on any atom is -0.494 e. The molecule has 2 aromatic carbocycles. The number of ether oxygens (including phenoxy) is 1. The lowest BCUT2D eigenvalue weighted by molar-refractivity contribution is -0.127. The minimum atomic E-state index is -0.628. The number of anilines is 1. The van der Waals surface area contributed by atoms with Gasteiger partial charge in [-0.25, -0.2) is 0 Å². The van der Waals surface area contributed by atoms with E-state index < -0.39 is 5.25 Å². The second-order valence-electron chi connectivity index (χ2n) is 8.01. The number of amides is 2. The molecule has 38 heavy (non-hydrogen) atoms. The van der Waals surface area contributed by atoms with Gasteiger partial charge in [0.05, 0.1) is 22.9 Å². The van der Waals surface area contributed by atoms with Crippen LogP contribution in [-0.4, -0.2) is 46.5 Å². The number of carbonyl (C=O) groups is 2. The summed E-state index contributed by atoms with van der Waals surface area (Å²) in [5.74, 6) is 1.26. The Labute approximate surface area is 234 Å². The van der Waals surface area contributed by atoms with E-state index in [2.05, 4.69) is 22.1 Å². The summed E-state index contributed by atoms with van der Waals surface area (Å²) in [6, 6.07) is 15.8. The molecule has 1 aliphatic rings. The SMILES string of the molecule is C=CCN1C(=O)C(CC(=O)Nc2ccc(OCC)cc2)S/C1=N\N=C\c1ccc(-c2ccc(Cl)c(Cl)c2)o1. The molecular weight excluding hydrogens is 547 g/mol. The quantitative estimate of drug-likeness (QED) is 0.170. The van der Waals surface area contributed by atoms with Crippen molar-refractivity contribution in [3.63, 3.8) is 0 Å². The predicted molar refractivity (Wildman–Crippen MR) is 153 cm³/mol. The summed E-state index contributed by atoms with van der Waals surface area (Å²) in [4.78, 5) is 27.0. The van der Waals surface area contributed by atoms with Crippen molar-refractivity contribution in [2.75, 3.05) is 18.5 Å². The third-order valence-electron chi connectivity index (χ3n) is 5.31. The number of nitrogens with zero attached hydrogens (tertiary/aromatic N) is 3. The first kappa shape index (κ1) is 27.5. The van der Waals surface area contributed by atoms with Gasteiger partial charge in [0.15, 0.2) is 5.17 Å². The van der Waals surface area contributed by atoms with E-state index in [9.17, 15) is 9.59 Å². The van der Waals surface area contributed by atoms with Gasteiger partial charge in [0.1, 0.15) is 22.5 Å². The average molecular weight is 571 g/mol. The maximum Gasteiger partial charge on any atom is 0.243 e. The molecule has 0 saturated carbocycles. The zero-order chi connectivity index (χ0) is 27.1. The van der Waals surface area contributed by atoms with Crippen molar-refractivity contribution in [2.45, 2.75) is 18.6 Å². The first-order valence-electron chi connectivity index (χ1n) is 11.7. The number of benzene rings is 2. The van der Waals surface area contributed by atoms with Crippen LogP contribution >= 0.6 is 35.0 Å². The van der Waals surface area contributed by atoms with Gasteiger partial charge in [-0.1, -0.05) is 41.0 Å². The molecule has 1 unspecified atom stereocenters. The van der Waals surface area contributed by atoms with Crippen molar-refractivity contribution in [1.29, 1.82) is 0 Å². The molecule has 1 atom stereocenters. The van der Waals surface area contributed by atoms with Crippen LogP contribution in [0.3, 0.4) is 0 Å². The molecule has 1 aromatic heterocycles. The van der Waals surface area contributed by atoms with E-state index in [-0.39, 0.29) is 24.8 Å². The van der Waals surface area contributed by atoms with Gasteiger partial charge in [0.25, 0.3) is 0 Å². The number of thioether (sulfide) groups is 1. The lowest BCUT2D eigenvalue weighted by Crippen LogP contribution is -2.33. The van der Waals surface area contributed by atoms with Gasteiger partial charge >= 0.3 is 0 Å². The number of nitrogens with one attached hydrogen (secondary N) is 1. The van der Waals surface area contributed by atoms with Crippen LogP contribution in [0.5, 0.6) is 5.75 Å². The summed E-state index contributed by atoms with van der Waals surface area (Å²) in [6.45, 7) is 6.42. The van der Waals surface area contributed by atoms with Crippen LogP contribution in [0, 0.1) is 0 Å². The van der Waals surface area contributed by atoms with E-state index in [1.807, 2.05) is 6.92 Å². The number of carbonyl (C=O) groups excluding carboxylic acids is 2. The molecule has 2 amide bonds. The van der Waals surface area contributed by atoms with Crippen molar-refractivity contribution in [2.24, 2.45) is 10.2 Å². The Bertz CT molecular complexity index is 1390. The standard InChI is InChI=1S/C27H24Cl2N4O4S/c1-3-13-33-26(35)24(15-25(34)31-18-6-8-19(9-7-18)36-4-2)38-27(33)32-30-16-20-10-12-23(37-20)17-5-11-21(28)22(29)14-17/h3,5-12,14,16,24H,1,4,13,15H2,2H3,(H,31,34)/b30-16+,32-27-. The molecule has 4 rings (SSSR count). The molecule has 11 heteroatoms. The number of halogens is 2. The van der Waals surface area contributed by atoms with Gasteiger partial charge < -0.3 is 14.5 Å². The highest BCUT2D eigenvalue weighted by atomic mass is 35.5. The van der Waals surface area contributed by atoms with Crippen LogP contribution in [0.1, 0.15) is 19.1 Å². The Hall–Kier alpha value is -3.53. The molecule has 0 aliphatic carbocycles. The topological polar surface area (TPSA) is 96.5 Å². The second-order valence-corrected chi connectivity index (χ2v) is 10.00. The summed E-state index contributed by atoms with van der Waals surface area (Å²) >= 11 is 13.2. The van der Waals surface area contributed by atoms with E-state index in [4.69, 9.17) is 32.4 Å². The molecule has 0 bridgehead atoms. The Morgan fingerprint density at radius 2 is 1.97 bits per heavy atom. The highest BCUT2D eigenvalue weighted by Crippen LogP contribution is 2.31. The van der Waals surface area contributed by atoms with E-state index in [1.165, 1.54) is 22.9 Å². The summed E-state index contributed by atoms with van der Waals surface area (Å²) in [7, 11) is 0. The van der Waals surface area contributed by atoms with Crippen molar-refractivity contribution in [3.8, 4) is 17.1 Å². The van der Waals surface area contributed by atoms with Crippen LogP contribution in [0.25, 0.3) is 11.3 Å². The molecule has 1 N–H and O–H groups in total. The monoisotopic (exact) mass is 570 g/mol. The van der Waals surface area contributed by atoms with Crippen LogP contribution in [0.2, 0.25) is 10.0 Å². The summed E-state index contributed by atoms with van der Waals surface area (Å²) in [6.07, 6.45) is 3.02. The van der Waals surface area contributed by atoms with Gasteiger partial charge in [0, 0.05) is 24.2 Å². The van der Waals surface area contributed by atoms with Crippen molar-refractivity contribution < 1.29 is 18.7 Å². The third kappa shape index (κ3) is 6.86. The Morgan fingerprint density at radius 1 is 1.18 bits per heavy atom. The second kappa shape index (κ2) is 12.8. The minimum absolute atomic E-state index is 0.0156. The first-order chi connectivity index (χ1) is 18.4. The van der Waals surface area contributed by atoms with Crippen molar-refractivity contribution in [1.82, 2.24) is 4.90 Å². The molecule has 0 spiro atoms. The van der Waals surface area contributed by atoms with Gasteiger partial charge in [-0.15, -0.1) is 11.7 Å². The largest absolute Gasteiger partial charge is 0.494 e. The Morgan fingerprint density at radius 3 is 2.68 bits per heavy atom. The summed E-state index contributed by atoms with van der Waals surface area (Å²) in [5.41, 5.74) is 1.39. The van der Waals surface area contributed by atoms with Crippen LogP contribution < -0.4 is 10.1 Å². The van der Waals surface area contributed by atoms with Gasteiger partial charge in [-0.3, -0.25) is 14.5 Å². The normalized spacial score (nSPS) is 16.4. The van der Waals surface area contributed by atoms with E-state index in [1.54, 1.807) is 60.7 Å². The van der Waals surface area contributed by atoms with Gasteiger partial charge in [-0.2, -0.15) is 5.10 Å². The molecule has 1 aliphatic heterocycles. The van der Waals surface area contributed by atoms with Crippen LogP contribution in [0.15, 0.2) is 81.9 Å². The number of amidine groups is 1. The summed E-state index contributed by atoms with van der Waals surface area (Å²) in [5, 5.41) is 11.7. The van der Waals surface area contributed by atoms with E-state index >= 15 is 0 Å². The summed E-state index contributed by atoms with van der Waals surface area (Å²) < 4.78 is 11.2. The zero-order valence-electron chi connectivity index (χ0n) is 20.4. The first-order valence-corrected chi connectivity index (χ1v) is 13.3. The lowest BCUT2D eigenvalue weighted by atomic mass is 10.2. The van der Waals surface area contributed by atoms with E-state index in [0.29, 0.717) is 44.8 Å². The third-order valence-corrected chi connectivity index (χ3v) is 7.22. The number of hydrogen-bond acceptors (Lipinski definition) is 7. The zero-order valence-corrected chi connectivity index (χ0v) is 22.7. The fourth-order valence-electron chi connectivity index (χ4n) is 3.56. The van der Waals surface area contributed by atoms with Crippen LogP contribution in [0.4, 0.5) is 5.69 Å². The molecule has 1 fully saturated rings. The van der Waals surface area contributed by atoms with Crippen molar-refractivity contribution >= 4 is 63.8 Å². The molecule has 196 valence electrons. The lowest BCUT2D eigenvalue weighted by Gasteiger charge is -2.13. The average Bonchev–Trinajstić information content (AvgIpc) is 3.48. The molecule has 3 aromatic rings. The molecule has 2 heterocycles. The molecule has 0 radical (unpaired) electrons. The van der Waals surface area contributed by atoms with E-state index in [0.717, 1.165) is 5.56 Å². The van der Waals surface area contributed by atoms with Gasteiger partial charge in [-0.05, 0) is 61.5 Å². The number of hydrogen-bond donors (Lipinski definition) is 1. The molecule has 1 saturated heterocycles. The highest BCUT2D eigenvalue weighted by Gasteiger charge is 2.38. The maximum atomic E-state index is 12.9. The van der Waals surface area contributed by atoms with Gasteiger partial charge in [0.2, 0.25) is 11.8 Å². The fourth-order valence-corrected chi connectivity index (χ4v) is 4.96. The smallest absolute Gasteiger partial charge is 0.243 e. The Kier molecular flexibility index (Phi) is 9.28. The number of furan rings is 1. The molecular formula is C27H24Cl2N4O4S. The fraction of sp³-hybridized carbons (Fsp3) is 0.185. The molecule has 8 nitrogen and oxygen atoms in total. The predicted octanol–water partition coefficient (Wildman–Crippen LogP) is 6.50. The maximum absolute atomic E-state index is 12.9.